The van der Waals surface area contributed by atoms with Crippen LogP contribution >= 0.6 is 11.8 Å². The summed E-state index contributed by atoms with van der Waals surface area (Å²) in [6.45, 7) is 6.95. The maximum Gasteiger partial charge on any atom is 0.211 e. The van der Waals surface area contributed by atoms with Gasteiger partial charge in [0.05, 0.1) is 12.8 Å². The molecule has 28 heavy (non-hydrogen) atoms. The van der Waals surface area contributed by atoms with E-state index < -0.39 is 0 Å². The third kappa shape index (κ3) is 4.92. The molecule has 3 rings (SSSR count). The molecule has 0 N–H and O–H groups in total. The Morgan fingerprint density at radius 3 is 2.54 bits per heavy atom. The van der Waals surface area contributed by atoms with Gasteiger partial charge in [-0.3, -0.25) is 0 Å². The zero-order chi connectivity index (χ0) is 19.9. The van der Waals surface area contributed by atoms with Gasteiger partial charge in [-0.15, -0.1) is 10.2 Å². The van der Waals surface area contributed by atoms with Gasteiger partial charge in [-0.2, -0.15) is 9.78 Å². The van der Waals surface area contributed by atoms with Crippen molar-refractivity contribution in [1.82, 2.24) is 14.9 Å². The molecular formula is C21H24N4O2S. The van der Waals surface area contributed by atoms with Gasteiger partial charge in [0, 0.05) is 0 Å². The Kier molecular flexibility index (Phi) is 6.71. The highest BCUT2D eigenvalue weighted by atomic mass is 32.2. The Balaban J connectivity index is 1.77. The van der Waals surface area contributed by atoms with Crippen LogP contribution in [0.5, 0.6) is 11.5 Å². The summed E-state index contributed by atoms with van der Waals surface area (Å²) in [7, 11) is 0. The second-order valence-corrected chi connectivity index (χ2v) is 6.98. The quantitative estimate of drug-likeness (QED) is 0.415. The van der Waals surface area contributed by atoms with Crippen molar-refractivity contribution in [2.75, 3.05) is 12.9 Å². The molecule has 0 radical (unpaired) electrons. The molecule has 0 atom stereocenters. The Bertz CT molecular complexity index is 952. The number of ether oxygens (including phenoxy) is 2. The fourth-order valence-electron chi connectivity index (χ4n) is 2.56. The Hall–Kier alpha value is -2.80. The number of hydrogen-bond acceptors (Lipinski definition) is 6. The third-order valence-corrected chi connectivity index (χ3v) is 4.68. The van der Waals surface area contributed by atoms with Crippen LogP contribution in [-0.2, 0) is 6.61 Å². The summed E-state index contributed by atoms with van der Waals surface area (Å²) in [5.41, 5.74) is 3.26. The molecule has 3 aromatic rings. The lowest BCUT2D eigenvalue weighted by Gasteiger charge is -2.13. The van der Waals surface area contributed by atoms with Gasteiger partial charge in [0.25, 0.3) is 0 Å². The summed E-state index contributed by atoms with van der Waals surface area (Å²) in [5, 5.41) is 13.4. The molecule has 0 saturated heterocycles. The highest BCUT2D eigenvalue weighted by molar-refractivity contribution is 7.98. The average molecular weight is 397 g/mol. The van der Waals surface area contributed by atoms with Gasteiger partial charge >= 0.3 is 0 Å². The molecule has 1 heterocycles. The number of rotatable bonds is 8. The van der Waals surface area contributed by atoms with Crippen LogP contribution in [0.15, 0.2) is 52.7 Å². The molecule has 0 spiro atoms. The van der Waals surface area contributed by atoms with Gasteiger partial charge < -0.3 is 9.47 Å². The molecule has 6 nitrogen and oxygen atoms in total. The van der Waals surface area contributed by atoms with E-state index in [9.17, 15) is 0 Å². The zero-order valence-electron chi connectivity index (χ0n) is 16.5. The molecule has 0 bridgehead atoms. The summed E-state index contributed by atoms with van der Waals surface area (Å²) < 4.78 is 13.5. The first kappa shape index (κ1) is 19.9. The summed E-state index contributed by atoms with van der Waals surface area (Å²) in [5.74, 6) is 2.15. The van der Waals surface area contributed by atoms with E-state index >= 15 is 0 Å². The fraction of sp³-hybridized carbons (Fsp3) is 0.286. The van der Waals surface area contributed by atoms with Crippen molar-refractivity contribution in [2.45, 2.75) is 32.5 Å². The van der Waals surface area contributed by atoms with E-state index in [-0.39, 0.29) is 0 Å². The van der Waals surface area contributed by atoms with Crippen LogP contribution < -0.4 is 9.47 Å². The van der Waals surface area contributed by atoms with Crippen LogP contribution in [0.3, 0.4) is 0 Å². The Morgan fingerprint density at radius 1 is 1.04 bits per heavy atom. The first-order chi connectivity index (χ1) is 13.6. The van der Waals surface area contributed by atoms with Gasteiger partial charge in [0.1, 0.15) is 6.61 Å². The lowest BCUT2D eigenvalue weighted by Crippen LogP contribution is -2.01. The predicted molar refractivity (Wildman–Crippen MR) is 113 cm³/mol. The fourth-order valence-corrected chi connectivity index (χ4v) is 3.04. The van der Waals surface area contributed by atoms with Crippen LogP contribution in [0, 0.1) is 13.8 Å². The Morgan fingerprint density at radius 2 is 1.82 bits per heavy atom. The van der Waals surface area contributed by atoms with Gasteiger partial charge in [0.15, 0.2) is 17.3 Å². The Labute approximate surface area is 169 Å². The first-order valence-corrected chi connectivity index (χ1v) is 10.3. The number of benzene rings is 2. The van der Waals surface area contributed by atoms with E-state index in [1.165, 1.54) is 17.3 Å². The second-order valence-electron chi connectivity index (χ2n) is 6.20. The normalized spacial score (nSPS) is 11.1. The molecule has 0 unspecified atom stereocenters. The lowest BCUT2D eigenvalue weighted by atomic mass is 10.2. The highest BCUT2D eigenvalue weighted by Gasteiger charge is 2.08. The monoisotopic (exact) mass is 396 g/mol. The van der Waals surface area contributed by atoms with E-state index in [2.05, 4.69) is 46.5 Å². The minimum Gasteiger partial charge on any atom is -0.490 e. The maximum absolute atomic E-state index is 5.98. The second kappa shape index (κ2) is 9.41. The van der Waals surface area contributed by atoms with Crippen molar-refractivity contribution < 1.29 is 9.47 Å². The predicted octanol–water partition coefficient (Wildman–Crippen LogP) is 4.48. The van der Waals surface area contributed by atoms with Crippen LogP contribution in [0.25, 0.3) is 0 Å². The summed E-state index contributed by atoms with van der Waals surface area (Å²) in [6.07, 6.45) is 3.71. The molecule has 0 aliphatic rings. The zero-order valence-corrected chi connectivity index (χ0v) is 17.4. The number of aryl methyl sites for hydroxylation is 2. The molecule has 2 aromatic carbocycles. The minimum atomic E-state index is 0.491. The molecule has 7 heteroatoms. The molecule has 0 aliphatic heterocycles. The van der Waals surface area contributed by atoms with Crippen molar-refractivity contribution in [3.8, 4) is 11.5 Å². The van der Waals surface area contributed by atoms with Crippen LogP contribution in [-0.4, -0.2) is 34.0 Å². The largest absolute Gasteiger partial charge is 0.490 e. The van der Waals surface area contributed by atoms with Gasteiger partial charge in [0.2, 0.25) is 5.16 Å². The SMILES string of the molecule is CCOc1cc(/C=N\n2c(C)nnc2SC)ccc1OCc1ccc(C)cc1. The van der Waals surface area contributed by atoms with Gasteiger partial charge in [-0.1, -0.05) is 41.6 Å². The first-order valence-electron chi connectivity index (χ1n) is 9.06. The van der Waals surface area contributed by atoms with E-state index in [1.807, 2.05) is 38.3 Å². The highest BCUT2D eigenvalue weighted by Crippen LogP contribution is 2.29. The molecule has 0 aliphatic carbocycles. The summed E-state index contributed by atoms with van der Waals surface area (Å²) in [6, 6.07) is 14.1. The topological polar surface area (TPSA) is 61.5 Å². The standard InChI is InChI=1S/C21H24N4O2S/c1-5-26-20-12-18(13-22-25-16(3)23-24-21(25)28-4)10-11-19(20)27-14-17-8-6-15(2)7-9-17/h6-13H,5,14H2,1-4H3/b22-13-. The molecule has 146 valence electrons. The molecule has 0 fully saturated rings. The average Bonchev–Trinajstić information content (AvgIpc) is 3.06. The lowest BCUT2D eigenvalue weighted by molar-refractivity contribution is 0.269. The molecule has 1 aromatic heterocycles. The van der Waals surface area contributed by atoms with Crippen molar-refractivity contribution in [3.05, 3.63) is 65.0 Å². The van der Waals surface area contributed by atoms with Crippen molar-refractivity contribution in [2.24, 2.45) is 5.10 Å². The van der Waals surface area contributed by atoms with E-state index in [0.29, 0.717) is 24.7 Å². The summed E-state index contributed by atoms with van der Waals surface area (Å²) in [4.78, 5) is 0. The van der Waals surface area contributed by atoms with Gasteiger partial charge in [-0.05, 0) is 56.4 Å². The number of nitrogens with zero attached hydrogens (tertiary/aromatic N) is 4. The van der Waals surface area contributed by atoms with E-state index in [1.54, 1.807) is 10.9 Å². The van der Waals surface area contributed by atoms with E-state index in [0.717, 1.165) is 22.1 Å². The number of hydrogen-bond donors (Lipinski definition) is 0. The van der Waals surface area contributed by atoms with E-state index in [4.69, 9.17) is 9.47 Å². The van der Waals surface area contributed by atoms with Crippen molar-refractivity contribution >= 4 is 18.0 Å². The van der Waals surface area contributed by atoms with Gasteiger partial charge in [-0.25, -0.2) is 0 Å². The molecular weight excluding hydrogens is 372 g/mol. The third-order valence-electron chi connectivity index (χ3n) is 4.06. The molecule has 0 saturated carbocycles. The van der Waals surface area contributed by atoms with Crippen LogP contribution in [0.4, 0.5) is 0 Å². The summed E-state index contributed by atoms with van der Waals surface area (Å²) >= 11 is 1.50. The minimum absolute atomic E-state index is 0.491. The van der Waals surface area contributed by atoms with Crippen molar-refractivity contribution in [1.29, 1.82) is 0 Å². The number of aromatic nitrogens is 3. The maximum atomic E-state index is 5.98. The van der Waals surface area contributed by atoms with Crippen LogP contribution in [0.2, 0.25) is 0 Å². The van der Waals surface area contributed by atoms with Crippen molar-refractivity contribution in [3.63, 3.8) is 0 Å². The number of thioether (sulfide) groups is 1. The molecule has 0 amide bonds. The van der Waals surface area contributed by atoms with Crippen LogP contribution in [0.1, 0.15) is 29.4 Å². The smallest absolute Gasteiger partial charge is 0.211 e.